The van der Waals surface area contributed by atoms with Crippen LogP contribution in [0.3, 0.4) is 0 Å². The van der Waals surface area contributed by atoms with Gasteiger partial charge in [-0.1, -0.05) is 200 Å². The summed E-state index contributed by atoms with van der Waals surface area (Å²) in [6, 6.07) is 82.9. The van der Waals surface area contributed by atoms with Crippen LogP contribution in [0.2, 0.25) is 0 Å². The summed E-state index contributed by atoms with van der Waals surface area (Å²) in [5.41, 5.74) is 16.4. The predicted octanol–water partition coefficient (Wildman–Crippen LogP) is 14.1. The highest BCUT2D eigenvalue weighted by atomic mass is 15.0. The Labute approximate surface area is 367 Å². The summed E-state index contributed by atoms with van der Waals surface area (Å²) in [5.74, 6) is 1.80. The Kier molecular flexibility index (Phi) is 9.41. The molecule has 0 spiro atoms. The van der Waals surface area contributed by atoms with E-state index in [1.807, 2.05) is 54.6 Å². The molecule has 294 valence electrons. The Bertz CT molecular complexity index is 3280. The van der Waals surface area contributed by atoms with Crippen molar-refractivity contribution in [1.29, 1.82) is 5.26 Å². The SMILES string of the molecule is N#Cc1ccc(-c2cc3c(cc2-c2cccc(-c4nc(-c5ccccc5)nc(-c5ccccc5-c5ccccc5)n4)c2)-c2ccccc2C3(c2ccccc2)c2ccccc2)cc1. The summed E-state index contributed by atoms with van der Waals surface area (Å²) >= 11 is 0. The van der Waals surface area contributed by atoms with Crippen molar-refractivity contribution in [2.75, 3.05) is 0 Å². The molecule has 0 aliphatic heterocycles. The maximum Gasteiger partial charge on any atom is 0.164 e. The number of nitrogens with zero attached hydrogens (tertiary/aromatic N) is 4. The van der Waals surface area contributed by atoms with Crippen molar-refractivity contribution >= 4 is 0 Å². The average molecular weight is 803 g/mol. The first-order valence-electron chi connectivity index (χ1n) is 21.2. The second-order valence-electron chi connectivity index (χ2n) is 15.8. The molecule has 9 aromatic carbocycles. The minimum Gasteiger partial charge on any atom is -0.208 e. The van der Waals surface area contributed by atoms with Crippen LogP contribution in [0.5, 0.6) is 0 Å². The molecule has 63 heavy (non-hydrogen) atoms. The van der Waals surface area contributed by atoms with E-state index >= 15 is 0 Å². The predicted molar refractivity (Wildman–Crippen MR) is 254 cm³/mol. The zero-order valence-corrected chi connectivity index (χ0v) is 34.2. The van der Waals surface area contributed by atoms with Crippen molar-refractivity contribution in [2.24, 2.45) is 0 Å². The number of hydrogen-bond donors (Lipinski definition) is 0. The topological polar surface area (TPSA) is 62.5 Å². The quantitative estimate of drug-likeness (QED) is 0.153. The molecule has 4 nitrogen and oxygen atoms in total. The lowest BCUT2D eigenvalue weighted by atomic mass is 9.67. The third-order valence-corrected chi connectivity index (χ3v) is 12.3. The van der Waals surface area contributed by atoms with Gasteiger partial charge in [0, 0.05) is 16.7 Å². The van der Waals surface area contributed by atoms with E-state index in [0.717, 1.165) is 50.1 Å². The Morgan fingerprint density at radius 3 is 1.43 bits per heavy atom. The number of hydrogen-bond acceptors (Lipinski definition) is 4. The molecule has 1 aliphatic carbocycles. The summed E-state index contributed by atoms with van der Waals surface area (Å²) in [5, 5.41) is 9.81. The van der Waals surface area contributed by atoms with Crippen LogP contribution in [0.25, 0.3) is 78.7 Å². The molecule has 0 unspecified atom stereocenters. The standard InChI is InChI=1S/C59H38N4/c60-39-40-32-34-42(35-33-40)52-38-55-53(49-29-15-16-31-54(49)59(55,46-24-9-3-10-25-46)47-26-11-4-12-27-47)37-51(52)44-22-17-23-45(36-44)57-61-56(43-20-7-2-8-21-43)62-58(63-57)50-30-14-13-28-48(50)41-18-5-1-6-19-41/h1-38H. The summed E-state index contributed by atoms with van der Waals surface area (Å²) in [4.78, 5) is 15.5. The molecule has 11 rings (SSSR count). The molecule has 0 N–H and O–H groups in total. The minimum atomic E-state index is -0.568. The second-order valence-corrected chi connectivity index (χ2v) is 15.8. The van der Waals surface area contributed by atoms with E-state index in [0.29, 0.717) is 23.0 Å². The van der Waals surface area contributed by atoms with Crippen LogP contribution in [0.15, 0.2) is 231 Å². The lowest BCUT2D eigenvalue weighted by molar-refractivity contribution is 0.769. The molecule has 0 saturated carbocycles. The minimum absolute atomic E-state index is 0.568. The fraction of sp³-hybridized carbons (Fsp3) is 0.0169. The number of nitriles is 1. The molecular weight excluding hydrogens is 765 g/mol. The molecule has 0 fully saturated rings. The van der Waals surface area contributed by atoms with E-state index in [-0.39, 0.29) is 0 Å². The molecule has 0 saturated heterocycles. The van der Waals surface area contributed by atoms with E-state index in [2.05, 4.69) is 182 Å². The second kappa shape index (κ2) is 15.8. The van der Waals surface area contributed by atoms with Crippen LogP contribution in [0, 0.1) is 11.3 Å². The van der Waals surface area contributed by atoms with E-state index in [1.165, 1.54) is 33.4 Å². The maximum absolute atomic E-state index is 9.81. The Morgan fingerprint density at radius 1 is 0.302 bits per heavy atom. The van der Waals surface area contributed by atoms with Crippen LogP contribution in [0.4, 0.5) is 0 Å². The van der Waals surface area contributed by atoms with Crippen LogP contribution >= 0.6 is 0 Å². The Balaban J connectivity index is 1.15. The van der Waals surface area contributed by atoms with Gasteiger partial charge in [0.05, 0.1) is 17.0 Å². The zero-order chi connectivity index (χ0) is 42.2. The molecule has 4 heteroatoms. The summed E-state index contributed by atoms with van der Waals surface area (Å²) in [6.45, 7) is 0. The van der Waals surface area contributed by atoms with Gasteiger partial charge in [-0.05, 0) is 97.1 Å². The molecule has 1 aliphatic rings. The number of fused-ring (bicyclic) bond motifs is 3. The molecule has 10 aromatic rings. The van der Waals surface area contributed by atoms with Crippen molar-refractivity contribution in [1.82, 2.24) is 15.0 Å². The highest BCUT2D eigenvalue weighted by molar-refractivity contribution is 5.95. The number of benzene rings is 9. The number of aromatic nitrogens is 3. The van der Waals surface area contributed by atoms with Crippen molar-refractivity contribution in [3.8, 4) is 84.7 Å². The summed E-state index contributed by atoms with van der Waals surface area (Å²) in [6.07, 6.45) is 0. The fourth-order valence-corrected chi connectivity index (χ4v) is 9.40. The van der Waals surface area contributed by atoms with Crippen molar-refractivity contribution in [3.63, 3.8) is 0 Å². The van der Waals surface area contributed by atoms with Gasteiger partial charge >= 0.3 is 0 Å². The van der Waals surface area contributed by atoms with Gasteiger partial charge in [-0.15, -0.1) is 0 Å². The summed E-state index contributed by atoms with van der Waals surface area (Å²) in [7, 11) is 0. The monoisotopic (exact) mass is 802 g/mol. The van der Waals surface area contributed by atoms with E-state index in [1.54, 1.807) is 0 Å². The number of rotatable bonds is 8. The fourth-order valence-electron chi connectivity index (χ4n) is 9.40. The highest BCUT2D eigenvalue weighted by Gasteiger charge is 2.46. The van der Waals surface area contributed by atoms with Gasteiger partial charge in [-0.3, -0.25) is 0 Å². The molecule has 0 amide bonds. The molecule has 0 bridgehead atoms. The first-order valence-corrected chi connectivity index (χ1v) is 21.2. The largest absolute Gasteiger partial charge is 0.208 e. The Hall–Kier alpha value is -8.52. The van der Waals surface area contributed by atoms with Gasteiger partial charge in [-0.2, -0.15) is 5.26 Å². The molecule has 1 aromatic heterocycles. The molecular formula is C59H38N4. The van der Waals surface area contributed by atoms with E-state index in [4.69, 9.17) is 15.0 Å². The molecule has 1 heterocycles. The highest BCUT2D eigenvalue weighted by Crippen LogP contribution is 2.58. The van der Waals surface area contributed by atoms with E-state index in [9.17, 15) is 5.26 Å². The van der Waals surface area contributed by atoms with Gasteiger partial charge < -0.3 is 0 Å². The third kappa shape index (κ3) is 6.52. The maximum atomic E-state index is 9.81. The van der Waals surface area contributed by atoms with Crippen molar-refractivity contribution < 1.29 is 0 Å². The van der Waals surface area contributed by atoms with E-state index < -0.39 is 5.41 Å². The third-order valence-electron chi connectivity index (χ3n) is 12.3. The van der Waals surface area contributed by atoms with Gasteiger partial charge in [0.1, 0.15) is 0 Å². The van der Waals surface area contributed by atoms with Crippen LogP contribution in [-0.4, -0.2) is 15.0 Å². The molecule has 0 atom stereocenters. The van der Waals surface area contributed by atoms with Crippen molar-refractivity contribution in [2.45, 2.75) is 5.41 Å². The van der Waals surface area contributed by atoms with Gasteiger partial charge in [-0.25, -0.2) is 15.0 Å². The first-order chi connectivity index (χ1) is 31.2. The first kappa shape index (κ1) is 37.5. The van der Waals surface area contributed by atoms with Gasteiger partial charge in [0.25, 0.3) is 0 Å². The molecule has 0 radical (unpaired) electrons. The Morgan fingerprint density at radius 2 is 0.778 bits per heavy atom. The van der Waals surface area contributed by atoms with Crippen molar-refractivity contribution in [3.05, 3.63) is 258 Å². The lowest BCUT2D eigenvalue weighted by Crippen LogP contribution is -2.28. The van der Waals surface area contributed by atoms with Crippen LogP contribution < -0.4 is 0 Å². The van der Waals surface area contributed by atoms with Gasteiger partial charge in [0.15, 0.2) is 17.5 Å². The van der Waals surface area contributed by atoms with Crippen LogP contribution in [0.1, 0.15) is 27.8 Å². The lowest BCUT2D eigenvalue weighted by Gasteiger charge is -2.34. The van der Waals surface area contributed by atoms with Gasteiger partial charge in [0.2, 0.25) is 0 Å². The smallest absolute Gasteiger partial charge is 0.164 e. The average Bonchev–Trinajstić information content (AvgIpc) is 3.67. The summed E-state index contributed by atoms with van der Waals surface area (Å²) < 4.78 is 0. The normalized spacial score (nSPS) is 12.2. The van der Waals surface area contributed by atoms with Crippen LogP contribution in [-0.2, 0) is 5.41 Å². The zero-order valence-electron chi connectivity index (χ0n) is 34.2.